The first kappa shape index (κ1) is 28.7. The minimum absolute atomic E-state index is 0.153. The van der Waals surface area contributed by atoms with Crippen LogP contribution in [0.5, 0.6) is 11.5 Å². The normalized spacial score (nSPS) is 14.6. The van der Waals surface area contributed by atoms with Crippen molar-refractivity contribution in [1.29, 1.82) is 5.26 Å². The van der Waals surface area contributed by atoms with Crippen LogP contribution in [0.4, 0.5) is 0 Å². The summed E-state index contributed by atoms with van der Waals surface area (Å²) in [6, 6.07) is 23.8. The van der Waals surface area contributed by atoms with Crippen molar-refractivity contribution in [3.05, 3.63) is 121 Å². The number of ether oxygens (including phenoxy) is 3. The zero-order valence-electron chi connectivity index (χ0n) is 24.3. The number of carbonyl (C=O) groups is 1. The Morgan fingerprint density at radius 1 is 1.05 bits per heavy atom. The van der Waals surface area contributed by atoms with E-state index in [9.17, 15) is 14.9 Å². The highest BCUT2D eigenvalue weighted by Crippen LogP contribution is 2.38. The zero-order chi connectivity index (χ0) is 30.8. The number of nitriles is 1. The summed E-state index contributed by atoms with van der Waals surface area (Å²) in [4.78, 5) is 33.4. The summed E-state index contributed by atoms with van der Waals surface area (Å²) in [6.07, 6.45) is 3.69. The Labute approximate surface area is 256 Å². The van der Waals surface area contributed by atoms with Gasteiger partial charge in [-0.3, -0.25) is 9.36 Å². The van der Waals surface area contributed by atoms with Gasteiger partial charge in [0.25, 0.3) is 5.56 Å². The van der Waals surface area contributed by atoms with Crippen molar-refractivity contribution in [3.8, 4) is 17.6 Å². The van der Waals surface area contributed by atoms with Crippen LogP contribution in [0.25, 0.3) is 22.7 Å². The number of fused-ring (bicyclic) bond motifs is 2. The number of hydrogen-bond acceptors (Lipinski definition) is 8. The molecule has 0 saturated heterocycles. The highest BCUT2D eigenvalue weighted by molar-refractivity contribution is 7.07. The molecule has 5 aromatic rings. The molecule has 2 aromatic heterocycles. The molecule has 1 atom stereocenters. The Balaban J connectivity index is 1.66. The van der Waals surface area contributed by atoms with E-state index in [1.165, 1.54) is 18.4 Å². The first-order valence-corrected chi connectivity index (χ1v) is 14.8. The van der Waals surface area contributed by atoms with E-state index < -0.39 is 12.0 Å². The molecule has 0 amide bonds. The average Bonchev–Trinajstić information content (AvgIpc) is 3.56. The molecule has 0 bridgehead atoms. The number of thiazole rings is 1. The number of benzene rings is 3. The molecule has 220 valence electrons. The van der Waals surface area contributed by atoms with E-state index in [-0.39, 0.29) is 24.3 Å². The van der Waals surface area contributed by atoms with E-state index in [1.54, 1.807) is 30.7 Å². The zero-order valence-corrected chi connectivity index (χ0v) is 25.1. The van der Waals surface area contributed by atoms with Gasteiger partial charge in [0.2, 0.25) is 0 Å². The lowest BCUT2D eigenvalue weighted by molar-refractivity contribution is -0.138. The number of rotatable bonds is 8. The molecule has 3 aromatic carbocycles. The summed E-state index contributed by atoms with van der Waals surface area (Å²) in [5.74, 6) is 0.407. The molecule has 10 heteroatoms. The number of esters is 1. The number of aromatic nitrogens is 2. The Kier molecular flexibility index (Phi) is 7.87. The fourth-order valence-electron chi connectivity index (χ4n) is 5.52. The SMILES string of the molecule is CCOC(=O)C1=C(c2ccccc2)N=c2s/c(=C\c3cn(CC#N)c4ccccc34)c(=O)n2[C@@H]1c1ccc(OC)c(OC)c1. The second kappa shape index (κ2) is 12.1. The summed E-state index contributed by atoms with van der Waals surface area (Å²) < 4.78 is 20.4. The van der Waals surface area contributed by atoms with Crippen molar-refractivity contribution in [1.82, 2.24) is 9.13 Å². The van der Waals surface area contributed by atoms with Gasteiger partial charge in [0, 0.05) is 28.2 Å². The van der Waals surface area contributed by atoms with Crippen LogP contribution in [-0.4, -0.2) is 35.9 Å². The van der Waals surface area contributed by atoms with Crippen molar-refractivity contribution in [2.24, 2.45) is 4.99 Å². The van der Waals surface area contributed by atoms with Crippen LogP contribution in [0, 0.1) is 11.3 Å². The van der Waals surface area contributed by atoms with Crippen molar-refractivity contribution in [2.45, 2.75) is 19.5 Å². The standard InChI is InChI=1S/C34H28N4O5S/c1-4-43-33(40)29-30(21-10-6-5-7-11-21)36-34-38(31(29)22-14-15-26(41-2)27(18-22)42-3)32(39)28(44-34)19-23-20-37(17-16-35)25-13-9-8-12-24(23)25/h5-15,18-20,31H,4,17H2,1-3H3/b28-19-/t31-/m1/s1. The van der Waals surface area contributed by atoms with Gasteiger partial charge in [0.15, 0.2) is 16.3 Å². The van der Waals surface area contributed by atoms with Gasteiger partial charge in [-0.25, -0.2) is 9.79 Å². The van der Waals surface area contributed by atoms with Crippen LogP contribution in [0.3, 0.4) is 0 Å². The lowest BCUT2D eigenvalue weighted by Crippen LogP contribution is -2.40. The highest BCUT2D eigenvalue weighted by atomic mass is 32.1. The van der Waals surface area contributed by atoms with E-state index in [1.807, 2.05) is 77.5 Å². The van der Waals surface area contributed by atoms with Crippen molar-refractivity contribution in [3.63, 3.8) is 0 Å². The Morgan fingerprint density at radius 2 is 1.80 bits per heavy atom. The molecule has 0 saturated carbocycles. The fraction of sp³-hybridized carbons (Fsp3) is 0.176. The van der Waals surface area contributed by atoms with Gasteiger partial charge in [-0.05, 0) is 36.8 Å². The molecule has 1 aliphatic rings. The van der Waals surface area contributed by atoms with E-state index >= 15 is 0 Å². The predicted octanol–water partition coefficient (Wildman–Crippen LogP) is 4.43. The third-order valence-electron chi connectivity index (χ3n) is 7.44. The van der Waals surface area contributed by atoms with Crippen LogP contribution in [0.2, 0.25) is 0 Å². The molecule has 9 nitrogen and oxygen atoms in total. The summed E-state index contributed by atoms with van der Waals surface area (Å²) in [6.45, 7) is 2.07. The van der Waals surface area contributed by atoms with Crippen LogP contribution in [0.15, 0.2) is 94.4 Å². The molecule has 0 unspecified atom stereocenters. The Morgan fingerprint density at radius 3 is 2.52 bits per heavy atom. The van der Waals surface area contributed by atoms with Gasteiger partial charge in [0.05, 0.1) is 48.7 Å². The minimum atomic E-state index is -0.859. The summed E-state index contributed by atoms with van der Waals surface area (Å²) in [5, 5.41) is 10.3. The average molecular weight is 605 g/mol. The Hall–Kier alpha value is -5.40. The lowest BCUT2D eigenvalue weighted by Gasteiger charge is -2.26. The van der Waals surface area contributed by atoms with Gasteiger partial charge in [0.1, 0.15) is 6.54 Å². The first-order chi connectivity index (χ1) is 21.5. The van der Waals surface area contributed by atoms with E-state index in [0.717, 1.165) is 22.0 Å². The lowest BCUT2D eigenvalue weighted by atomic mass is 9.93. The van der Waals surface area contributed by atoms with Crippen molar-refractivity contribution < 1.29 is 19.0 Å². The molecule has 3 heterocycles. The molecule has 0 fully saturated rings. The minimum Gasteiger partial charge on any atom is -0.493 e. The maximum absolute atomic E-state index is 14.3. The van der Waals surface area contributed by atoms with Gasteiger partial charge in [-0.15, -0.1) is 0 Å². The van der Waals surface area contributed by atoms with E-state index in [2.05, 4.69) is 6.07 Å². The smallest absolute Gasteiger partial charge is 0.338 e. The summed E-state index contributed by atoms with van der Waals surface area (Å²) >= 11 is 1.24. The molecule has 0 spiro atoms. The third-order valence-corrected chi connectivity index (χ3v) is 8.43. The van der Waals surface area contributed by atoms with Crippen LogP contribution >= 0.6 is 11.3 Å². The molecule has 0 aliphatic carbocycles. The van der Waals surface area contributed by atoms with Crippen LogP contribution < -0.4 is 24.4 Å². The molecular formula is C34H28N4O5S. The van der Waals surface area contributed by atoms with E-state index in [4.69, 9.17) is 19.2 Å². The second-order valence-electron chi connectivity index (χ2n) is 9.93. The largest absolute Gasteiger partial charge is 0.493 e. The number of nitrogens with zero attached hydrogens (tertiary/aromatic N) is 4. The summed E-state index contributed by atoms with van der Waals surface area (Å²) in [7, 11) is 3.08. The fourth-order valence-corrected chi connectivity index (χ4v) is 6.51. The topological polar surface area (TPSA) is 108 Å². The Bertz CT molecular complexity index is 2150. The summed E-state index contributed by atoms with van der Waals surface area (Å²) in [5.41, 5.74) is 3.42. The maximum atomic E-state index is 14.3. The molecule has 44 heavy (non-hydrogen) atoms. The van der Waals surface area contributed by atoms with Gasteiger partial charge >= 0.3 is 5.97 Å². The van der Waals surface area contributed by atoms with Gasteiger partial charge in [-0.2, -0.15) is 5.26 Å². The number of carbonyl (C=O) groups excluding carboxylic acids is 1. The first-order valence-electron chi connectivity index (χ1n) is 13.9. The van der Waals surface area contributed by atoms with Gasteiger partial charge in [-0.1, -0.05) is 65.9 Å². The molecule has 0 radical (unpaired) electrons. The monoisotopic (exact) mass is 604 g/mol. The van der Waals surface area contributed by atoms with Crippen LogP contribution in [0.1, 0.15) is 29.7 Å². The van der Waals surface area contributed by atoms with Crippen LogP contribution in [-0.2, 0) is 16.1 Å². The van der Waals surface area contributed by atoms with Crippen molar-refractivity contribution in [2.75, 3.05) is 20.8 Å². The molecule has 0 N–H and O–H groups in total. The van der Waals surface area contributed by atoms with Gasteiger partial charge < -0.3 is 18.8 Å². The van der Waals surface area contributed by atoms with E-state index in [0.29, 0.717) is 32.1 Å². The van der Waals surface area contributed by atoms with Crippen molar-refractivity contribution >= 4 is 40.0 Å². The number of hydrogen-bond donors (Lipinski definition) is 0. The number of methoxy groups -OCH3 is 2. The second-order valence-corrected chi connectivity index (χ2v) is 10.9. The number of para-hydroxylation sites is 1. The third kappa shape index (κ3) is 4.97. The maximum Gasteiger partial charge on any atom is 0.338 e. The predicted molar refractivity (Wildman–Crippen MR) is 168 cm³/mol. The highest BCUT2D eigenvalue weighted by Gasteiger charge is 2.35. The molecule has 1 aliphatic heterocycles. The quantitative estimate of drug-likeness (QED) is 0.243. The molecule has 6 rings (SSSR count). The molecular weight excluding hydrogens is 576 g/mol.